The van der Waals surface area contributed by atoms with E-state index in [2.05, 4.69) is 23.2 Å². The van der Waals surface area contributed by atoms with E-state index in [1.807, 2.05) is 25.3 Å². The van der Waals surface area contributed by atoms with Gasteiger partial charge in [-0.05, 0) is 86.1 Å². The Bertz CT molecular complexity index is 1160. The Labute approximate surface area is 208 Å². The largest absolute Gasteiger partial charge is 0.381 e. The molecule has 6 nitrogen and oxygen atoms in total. The lowest BCUT2D eigenvalue weighted by Crippen LogP contribution is -2.52. The number of pyridine rings is 1. The van der Waals surface area contributed by atoms with Crippen LogP contribution >= 0.6 is 0 Å². The molecule has 1 unspecified atom stereocenters. The zero-order chi connectivity index (χ0) is 24.2. The van der Waals surface area contributed by atoms with Crippen molar-refractivity contribution in [3.05, 3.63) is 64.5 Å². The van der Waals surface area contributed by atoms with Crippen LogP contribution in [0, 0.1) is 18.3 Å². The molecule has 0 bridgehead atoms. The fourth-order valence-electron chi connectivity index (χ4n) is 6.75. The van der Waals surface area contributed by atoms with Gasteiger partial charge in [0.25, 0.3) is 5.91 Å². The molecule has 1 aromatic heterocycles. The van der Waals surface area contributed by atoms with E-state index in [0.717, 1.165) is 61.3 Å². The molecule has 1 amide bonds. The molecule has 2 aromatic rings. The summed E-state index contributed by atoms with van der Waals surface area (Å²) in [6.45, 7) is 2.36. The van der Waals surface area contributed by atoms with Gasteiger partial charge in [0, 0.05) is 18.7 Å². The highest BCUT2D eigenvalue weighted by Crippen LogP contribution is 2.62. The number of benzene rings is 1. The number of aromatic nitrogens is 1. The van der Waals surface area contributed by atoms with E-state index in [1.165, 1.54) is 30.4 Å². The minimum Gasteiger partial charge on any atom is -0.381 e. The van der Waals surface area contributed by atoms with Gasteiger partial charge in [0.15, 0.2) is 11.5 Å². The zero-order valence-corrected chi connectivity index (χ0v) is 20.9. The Hall–Kier alpha value is -2.73. The lowest BCUT2D eigenvalue weighted by atomic mass is 9.61. The molecule has 2 saturated carbocycles. The number of methoxy groups -OCH3 is 1. The van der Waals surface area contributed by atoms with Crippen LogP contribution in [0.4, 0.5) is 0 Å². The van der Waals surface area contributed by atoms with Gasteiger partial charge in [-0.2, -0.15) is 0 Å². The number of rotatable bonds is 6. The quantitative estimate of drug-likeness (QED) is 0.675. The number of carbonyl (C=O) groups is 1. The SMILES string of the molecule is COC1CCC2(CC1)Cc1ccc(CCC3CC3)cc1C21N=C(N)N(Cc2ccc(C)cn2)C1=O. The number of guanidine groups is 1. The summed E-state index contributed by atoms with van der Waals surface area (Å²) in [5.74, 6) is 1.22. The standard InChI is InChI=1S/C29H36N4O2/c1-19-3-10-23(31-17-19)18-33-26(34)29(32-27(33)30)25-15-21(7-6-20-4-5-20)8-9-22(25)16-28(29)13-11-24(35-2)12-14-28/h3,8-10,15,17,20,24H,4-7,11-14,16,18H2,1-2H3,(H2,30,32). The lowest BCUT2D eigenvalue weighted by Gasteiger charge is -2.45. The van der Waals surface area contributed by atoms with E-state index in [0.29, 0.717) is 12.5 Å². The molecule has 184 valence electrons. The third kappa shape index (κ3) is 3.68. The van der Waals surface area contributed by atoms with Gasteiger partial charge in [-0.15, -0.1) is 0 Å². The number of nitrogens with zero attached hydrogens (tertiary/aromatic N) is 3. The molecule has 2 spiro atoms. The maximum Gasteiger partial charge on any atom is 0.262 e. The Morgan fingerprint density at radius 1 is 1.14 bits per heavy atom. The molecule has 6 rings (SSSR count). The molecule has 6 heteroatoms. The predicted molar refractivity (Wildman–Crippen MR) is 136 cm³/mol. The summed E-state index contributed by atoms with van der Waals surface area (Å²) >= 11 is 0. The normalized spacial score (nSPS) is 29.8. The molecule has 1 aliphatic heterocycles. The number of hydrogen-bond acceptors (Lipinski definition) is 5. The maximum absolute atomic E-state index is 14.5. The first-order valence-corrected chi connectivity index (χ1v) is 13.2. The van der Waals surface area contributed by atoms with Gasteiger partial charge in [0.1, 0.15) is 0 Å². The number of nitrogens with two attached hydrogens (primary N) is 1. The van der Waals surface area contributed by atoms with Gasteiger partial charge >= 0.3 is 0 Å². The molecule has 3 aliphatic carbocycles. The Morgan fingerprint density at radius 3 is 2.63 bits per heavy atom. The monoisotopic (exact) mass is 472 g/mol. The molecular formula is C29H36N4O2. The van der Waals surface area contributed by atoms with Gasteiger partial charge in [-0.1, -0.05) is 37.1 Å². The van der Waals surface area contributed by atoms with Crippen LogP contribution in [0.5, 0.6) is 0 Å². The highest BCUT2D eigenvalue weighted by atomic mass is 16.5. The van der Waals surface area contributed by atoms with Crippen molar-refractivity contribution in [1.29, 1.82) is 0 Å². The third-order valence-electron chi connectivity index (χ3n) is 9.03. The molecule has 35 heavy (non-hydrogen) atoms. The molecule has 2 N–H and O–H groups in total. The van der Waals surface area contributed by atoms with Gasteiger partial charge in [-0.3, -0.25) is 14.7 Å². The average molecular weight is 473 g/mol. The molecule has 1 aromatic carbocycles. The minimum atomic E-state index is -0.939. The van der Waals surface area contributed by atoms with Crippen molar-refractivity contribution in [2.24, 2.45) is 22.1 Å². The zero-order valence-electron chi connectivity index (χ0n) is 20.9. The number of amides is 1. The topological polar surface area (TPSA) is 80.8 Å². The summed E-state index contributed by atoms with van der Waals surface area (Å²) in [6.07, 6.45) is 11.7. The molecule has 0 saturated heterocycles. The summed E-state index contributed by atoms with van der Waals surface area (Å²) in [5.41, 5.74) is 10.9. The van der Waals surface area contributed by atoms with E-state index in [4.69, 9.17) is 15.5 Å². The first-order valence-electron chi connectivity index (χ1n) is 13.2. The van der Waals surface area contributed by atoms with Gasteiger partial charge in [-0.25, -0.2) is 4.99 Å². The maximum atomic E-state index is 14.5. The van der Waals surface area contributed by atoms with Crippen LogP contribution in [-0.4, -0.2) is 35.0 Å². The first-order chi connectivity index (χ1) is 16.9. The van der Waals surface area contributed by atoms with Crippen molar-refractivity contribution in [2.75, 3.05) is 7.11 Å². The van der Waals surface area contributed by atoms with Crippen molar-refractivity contribution in [3.63, 3.8) is 0 Å². The average Bonchev–Trinajstić information content (AvgIpc) is 3.62. The van der Waals surface area contributed by atoms with Crippen LogP contribution in [0.2, 0.25) is 0 Å². The molecule has 4 aliphatic rings. The Kier molecular flexibility index (Phi) is 5.48. The van der Waals surface area contributed by atoms with Gasteiger partial charge in [0.2, 0.25) is 0 Å². The Morgan fingerprint density at radius 2 is 1.94 bits per heavy atom. The van der Waals surface area contributed by atoms with Crippen LogP contribution in [0.1, 0.15) is 72.9 Å². The van der Waals surface area contributed by atoms with Crippen molar-refractivity contribution in [1.82, 2.24) is 9.88 Å². The highest BCUT2D eigenvalue weighted by molar-refractivity contribution is 6.08. The van der Waals surface area contributed by atoms with E-state index in [1.54, 1.807) is 12.0 Å². The van der Waals surface area contributed by atoms with E-state index < -0.39 is 5.54 Å². The summed E-state index contributed by atoms with van der Waals surface area (Å²) in [4.78, 5) is 25.8. The van der Waals surface area contributed by atoms with Crippen molar-refractivity contribution < 1.29 is 9.53 Å². The number of ether oxygens (including phenoxy) is 1. The van der Waals surface area contributed by atoms with Crippen LogP contribution < -0.4 is 5.73 Å². The number of aliphatic imine (C=N–C) groups is 1. The van der Waals surface area contributed by atoms with Crippen LogP contribution in [0.3, 0.4) is 0 Å². The fraction of sp³-hybridized carbons (Fsp3) is 0.552. The molecule has 1 atom stereocenters. The molecule has 0 radical (unpaired) electrons. The second kappa shape index (κ2) is 8.44. The number of hydrogen-bond donors (Lipinski definition) is 1. The van der Waals surface area contributed by atoms with E-state index in [9.17, 15) is 4.79 Å². The third-order valence-corrected chi connectivity index (χ3v) is 9.03. The molecule has 2 fully saturated rings. The summed E-state index contributed by atoms with van der Waals surface area (Å²) in [6, 6.07) is 10.8. The van der Waals surface area contributed by atoms with Crippen molar-refractivity contribution in [3.8, 4) is 0 Å². The number of fused-ring (bicyclic) bond motifs is 3. The lowest BCUT2D eigenvalue weighted by molar-refractivity contribution is -0.138. The predicted octanol–water partition coefficient (Wildman–Crippen LogP) is 4.42. The van der Waals surface area contributed by atoms with Crippen LogP contribution in [0.15, 0.2) is 41.5 Å². The summed E-state index contributed by atoms with van der Waals surface area (Å²) in [7, 11) is 1.79. The highest BCUT2D eigenvalue weighted by Gasteiger charge is 2.66. The number of carbonyl (C=O) groups excluding carboxylic acids is 1. The van der Waals surface area contributed by atoms with E-state index >= 15 is 0 Å². The molecular weight excluding hydrogens is 436 g/mol. The van der Waals surface area contributed by atoms with Crippen molar-refractivity contribution in [2.45, 2.75) is 82.9 Å². The fourth-order valence-corrected chi connectivity index (χ4v) is 6.75. The second-order valence-corrected chi connectivity index (χ2v) is 11.3. The van der Waals surface area contributed by atoms with Crippen LogP contribution in [0.25, 0.3) is 0 Å². The summed E-state index contributed by atoms with van der Waals surface area (Å²) < 4.78 is 5.69. The number of aryl methyl sites for hydroxylation is 2. The molecule has 2 heterocycles. The van der Waals surface area contributed by atoms with Gasteiger partial charge < -0.3 is 10.5 Å². The Balaban J connectivity index is 1.39. The van der Waals surface area contributed by atoms with E-state index in [-0.39, 0.29) is 17.4 Å². The summed E-state index contributed by atoms with van der Waals surface area (Å²) in [5, 5.41) is 0. The first kappa shape index (κ1) is 22.7. The smallest absolute Gasteiger partial charge is 0.262 e. The van der Waals surface area contributed by atoms with Gasteiger partial charge in [0.05, 0.1) is 18.3 Å². The minimum absolute atomic E-state index is 0.0198. The van der Waals surface area contributed by atoms with Crippen LogP contribution in [-0.2, 0) is 34.5 Å². The second-order valence-electron chi connectivity index (χ2n) is 11.3. The van der Waals surface area contributed by atoms with Crippen molar-refractivity contribution >= 4 is 11.9 Å².